The third kappa shape index (κ3) is 2.73. The first-order chi connectivity index (χ1) is 8.08. The Balaban J connectivity index is 2.09. The van der Waals surface area contributed by atoms with E-state index in [0.717, 1.165) is 20.6 Å². The topological polar surface area (TPSA) is 33.2 Å². The first kappa shape index (κ1) is 12.3. The molecule has 2 aromatic heterocycles. The molecule has 0 aliphatic carbocycles. The summed E-state index contributed by atoms with van der Waals surface area (Å²) in [4.78, 5) is 20.3. The number of hydrogen-bond acceptors (Lipinski definition) is 4. The lowest BCUT2D eigenvalue weighted by molar-refractivity contribution is -0.117. The van der Waals surface area contributed by atoms with E-state index in [1.807, 2.05) is 31.4 Å². The molecule has 0 atom stereocenters. The van der Waals surface area contributed by atoms with Crippen LogP contribution in [0.3, 0.4) is 0 Å². The van der Waals surface area contributed by atoms with Gasteiger partial charge in [0.1, 0.15) is 0 Å². The Morgan fingerprint density at radius 2 is 2.24 bits per heavy atom. The lowest BCUT2D eigenvalue weighted by Crippen LogP contribution is -2.27. The molecule has 0 aromatic carbocycles. The van der Waals surface area contributed by atoms with Gasteiger partial charge >= 0.3 is 0 Å². The zero-order valence-electron chi connectivity index (χ0n) is 10.1. The predicted octanol–water partition coefficient (Wildman–Crippen LogP) is 3.03. The first-order valence-corrected chi connectivity index (χ1v) is 7.00. The molecule has 0 fully saturated rings. The summed E-state index contributed by atoms with van der Waals surface area (Å²) >= 11 is 3.17. The molecule has 2 heterocycles. The van der Waals surface area contributed by atoms with E-state index in [1.54, 1.807) is 34.6 Å². The molecule has 0 aliphatic rings. The van der Waals surface area contributed by atoms with Gasteiger partial charge in [-0.2, -0.15) is 0 Å². The monoisotopic (exact) mass is 266 g/mol. The molecule has 2 aromatic rings. The summed E-state index contributed by atoms with van der Waals surface area (Å²) in [6, 6.07) is 3.94. The molecule has 0 N–H and O–H groups in total. The SMILES string of the molecule is Cc1nc(N(C)C(=O)Cc2cccs2)sc1C. The minimum Gasteiger partial charge on any atom is -0.291 e. The van der Waals surface area contributed by atoms with Crippen LogP contribution in [-0.2, 0) is 11.2 Å². The second kappa shape index (κ2) is 4.98. The van der Waals surface area contributed by atoms with Gasteiger partial charge in [-0.1, -0.05) is 6.07 Å². The molecule has 0 aliphatic heterocycles. The van der Waals surface area contributed by atoms with Gasteiger partial charge < -0.3 is 0 Å². The summed E-state index contributed by atoms with van der Waals surface area (Å²) in [5.41, 5.74) is 1.00. The van der Waals surface area contributed by atoms with E-state index in [2.05, 4.69) is 4.98 Å². The zero-order valence-corrected chi connectivity index (χ0v) is 11.7. The summed E-state index contributed by atoms with van der Waals surface area (Å²) in [6.45, 7) is 3.99. The number of rotatable bonds is 3. The highest BCUT2D eigenvalue weighted by Gasteiger charge is 2.16. The van der Waals surface area contributed by atoms with E-state index >= 15 is 0 Å². The number of carbonyl (C=O) groups is 1. The van der Waals surface area contributed by atoms with Crippen molar-refractivity contribution < 1.29 is 4.79 Å². The molecule has 0 bridgehead atoms. The summed E-state index contributed by atoms with van der Waals surface area (Å²) in [5.74, 6) is 0.0844. The lowest BCUT2D eigenvalue weighted by Gasteiger charge is -2.12. The van der Waals surface area contributed by atoms with Crippen LogP contribution >= 0.6 is 22.7 Å². The number of likely N-dealkylation sites (N-methyl/N-ethyl adjacent to an activating group) is 1. The van der Waals surface area contributed by atoms with Crippen LogP contribution in [0.25, 0.3) is 0 Å². The maximum atomic E-state index is 12.0. The second-order valence-corrected chi connectivity index (χ2v) is 6.06. The summed E-state index contributed by atoms with van der Waals surface area (Å²) in [7, 11) is 1.79. The molecular weight excluding hydrogens is 252 g/mol. The average Bonchev–Trinajstić information content (AvgIpc) is 2.89. The molecule has 0 unspecified atom stereocenters. The number of thiophene rings is 1. The highest BCUT2D eigenvalue weighted by atomic mass is 32.1. The van der Waals surface area contributed by atoms with E-state index < -0.39 is 0 Å². The third-order valence-electron chi connectivity index (χ3n) is 2.58. The van der Waals surface area contributed by atoms with Gasteiger partial charge in [0.05, 0.1) is 12.1 Å². The number of aromatic nitrogens is 1. The van der Waals surface area contributed by atoms with E-state index in [-0.39, 0.29) is 5.91 Å². The fraction of sp³-hybridized carbons (Fsp3) is 0.333. The minimum absolute atomic E-state index is 0.0844. The Bertz CT molecular complexity index is 497. The smallest absolute Gasteiger partial charge is 0.233 e. The average molecular weight is 266 g/mol. The summed E-state index contributed by atoms with van der Waals surface area (Å²) in [5, 5.41) is 2.77. The maximum absolute atomic E-state index is 12.0. The van der Waals surface area contributed by atoms with Crippen LogP contribution in [0, 0.1) is 13.8 Å². The number of anilines is 1. The van der Waals surface area contributed by atoms with E-state index in [1.165, 1.54) is 0 Å². The Labute approximate surface area is 109 Å². The number of aryl methyl sites for hydroxylation is 2. The Morgan fingerprint density at radius 1 is 1.47 bits per heavy atom. The van der Waals surface area contributed by atoms with Crippen LogP contribution in [0.2, 0.25) is 0 Å². The van der Waals surface area contributed by atoms with Gasteiger partial charge in [-0.3, -0.25) is 9.69 Å². The van der Waals surface area contributed by atoms with Gasteiger partial charge in [0.2, 0.25) is 5.91 Å². The number of hydrogen-bond donors (Lipinski definition) is 0. The highest BCUT2D eigenvalue weighted by molar-refractivity contribution is 7.15. The van der Waals surface area contributed by atoms with Crippen molar-refractivity contribution in [1.82, 2.24) is 4.98 Å². The van der Waals surface area contributed by atoms with E-state index in [9.17, 15) is 4.79 Å². The Hall–Kier alpha value is -1.20. The maximum Gasteiger partial charge on any atom is 0.233 e. The molecular formula is C12H14N2OS2. The van der Waals surface area contributed by atoms with Crippen LogP contribution in [-0.4, -0.2) is 17.9 Å². The van der Waals surface area contributed by atoms with Crippen molar-refractivity contribution in [3.8, 4) is 0 Å². The van der Waals surface area contributed by atoms with Crippen LogP contribution in [0.15, 0.2) is 17.5 Å². The molecule has 0 saturated carbocycles. The van der Waals surface area contributed by atoms with Gasteiger partial charge in [-0.05, 0) is 25.3 Å². The minimum atomic E-state index is 0.0844. The normalized spacial score (nSPS) is 10.5. The van der Waals surface area contributed by atoms with Gasteiger partial charge in [-0.25, -0.2) is 4.98 Å². The fourth-order valence-electron chi connectivity index (χ4n) is 1.39. The Morgan fingerprint density at radius 3 is 2.76 bits per heavy atom. The molecule has 3 nitrogen and oxygen atoms in total. The molecule has 0 saturated heterocycles. The van der Waals surface area contributed by atoms with Gasteiger partial charge in [0.15, 0.2) is 5.13 Å². The summed E-state index contributed by atoms with van der Waals surface area (Å²) < 4.78 is 0. The Kier molecular flexibility index (Phi) is 3.59. The molecule has 17 heavy (non-hydrogen) atoms. The molecule has 0 radical (unpaired) electrons. The highest BCUT2D eigenvalue weighted by Crippen LogP contribution is 2.24. The molecule has 2 rings (SSSR count). The number of amides is 1. The number of thiazole rings is 1. The van der Waals surface area contributed by atoms with Crippen molar-refractivity contribution in [3.05, 3.63) is 33.0 Å². The second-order valence-electron chi connectivity index (χ2n) is 3.85. The largest absolute Gasteiger partial charge is 0.291 e. The van der Waals surface area contributed by atoms with Gasteiger partial charge in [0, 0.05) is 16.8 Å². The molecule has 0 spiro atoms. The van der Waals surface area contributed by atoms with Crippen LogP contribution in [0.5, 0.6) is 0 Å². The quantitative estimate of drug-likeness (QED) is 0.855. The fourth-order valence-corrected chi connectivity index (χ4v) is 2.97. The van der Waals surface area contributed by atoms with Crippen LogP contribution < -0.4 is 4.90 Å². The van der Waals surface area contributed by atoms with Crippen molar-refractivity contribution in [2.45, 2.75) is 20.3 Å². The van der Waals surface area contributed by atoms with Crippen LogP contribution in [0.1, 0.15) is 15.4 Å². The van der Waals surface area contributed by atoms with Gasteiger partial charge in [-0.15, -0.1) is 22.7 Å². The molecule has 5 heteroatoms. The standard InChI is InChI=1S/C12H14N2OS2/c1-8-9(2)17-12(13-8)14(3)11(15)7-10-5-4-6-16-10/h4-6H,7H2,1-3H3. The zero-order chi connectivity index (χ0) is 12.4. The lowest BCUT2D eigenvalue weighted by atomic mass is 10.3. The first-order valence-electron chi connectivity index (χ1n) is 5.31. The van der Waals surface area contributed by atoms with E-state index in [0.29, 0.717) is 6.42 Å². The van der Waals surface area contributed by atoms with E-state index in [4.69, 9.17) is 0 Å². The van der Waals surface area contributed by atoms with Crippen LogP contribution in [0.4, 0.5) is 5.13 Å². The summed E-state index contributed by atoms with van der Waals surface area (Å²) in [6.07, 6.45) is 0.450. The number of nitrogens with zero attached hydrogens (tertiary/aromatic N) is 2. The predicted molar refractivity (Wildman–Crippen MR) is 73.0 cm³/mol. The van der Waals surface area contributed by atoms with Crippen molar-refractivity contribution in [2.75, 3.05) is 11.9 Å². The van der Waals surface area contributed by atoms with Crippen molar-refractivity contribution in [3.63, 3.8) is 0 Å². The third-order valence-corrected chi connectivity index (χ3v) is 4.61. The van der Waals surface area contributed by atoms with Crippen molar-refractivity contribution >= 4 is 33.7 Å². The van der Waals surface area contributed by atoms with Gasteiger partial charge in [0.25, 0.3) is 0 Å². The number of carbonyl (C=O) groups excluding carboxylic acids is 1. The van der Waals surface area contributed by atoms with Crippen molar-refractivity contribution in [2.24, 2.45) is 0 Å². The molecule has 90 valence electrons. The van der Waals surface area contributed by atoms with Crippen molar-refractivity contribution in [1.29, 1.82) is 0 Å². The molecule has 1 amide bonds.